The molecule has 29 heavy (non-hydrogen) atoms. The van der Waals surface area contributed by atoms with Gasteiger partial charge in [-0.3, -0.25) is 9.69 Å². The molecule has 2 aromatic carbocycles. The highest BCUT2D eigenvalue weighted by atomic mass is 35.5. The van der Waals surface area contributed by atoms with Crippen LogP contribution in [0.25, 0.3) is 11.3 Å². The molecule has 150 valence electrons. The first-order valence-electron chi connectivity index (χ1n) is 9.19. The number of rotatable bonds is 4. The molecule has 0 aliphatic carbocycles. The van der Waals surface area contributed by atoms with Crippen LogP contribution < -0.4 is 0 Å². The lowest BCUT2D eigenvalue weighted by Crippen LogP contribution is -2.48. The molecule has 1 aromatic heterocycles. The van der Waals surface area contributed by atoms with Crippen LogP contribution in [0.15, 0.2) is 53.1 Å². The van der Waals surface area contributed by atoms with Crippen molar-refractivity contribution in [3.63, 3.8) is 0 Å². The van der Waals surface area contributed by atoms with Gasteiger partial charge in [-0.2, -0.15) is 0 Å². The Labute approximate surface area is 171 Å². The maximum atomic E-state index is 14.0. The van der Waals surface area contributed by atoms with E-state index < -0.39 is 5.82 Å². The van der Waals surface area contributed by atoms with Gasteiger partial charge >= 0.3 is 0 Å². The van der Waals surface area contributed by atoms with E-state index in [1.807, 2.05) is 4.90 Å². The minimum atomic E-state index is -0.442. The van der Waals surface area contributed by atoms with Gasteiger partial charge in [-0.25, -0.2) is 8.78 Å². The second kappa shape index (κ2) is 8.31. The fraction of sp³-hybridized carbons (Fsp3) is 0.238. The number of amides is 1. The van der Waals surface area contributed by atoms with Crippen molar-refractivity contribution in [3.8, 4) is 11.3 Å². The average Bonchev–Trinajstić information content (AvgIpc) is 3.21. The maximum absolute atomic E-state index is 14.0. The number of carbonyl (C=O) groups excluding carboxylic acids is 1. The van der Waals surface area contributed by atoms with Crippen molar-refractivity contribution in [2.45, 2.75) is 6.54 Å². The van der Waals surface area contributed by atoms with E-state index in [2.05, 4.69) is 5.16 Å². The molecule has 3 aromatic rings. The zero-order chi connectivity index (χ0) is 20.4. The van der Waals surface area contributed by atoms with Crippen LogP contribution in [-0.2, 0) is 6.54 Å². The summed E-state index contributed by atoms with van der Waals surface area (Å²) in [6, 6.07) is 12.2. The number of aromatic nitrogens is 1. The molecule has 0 unspecified atom stereocenters. The van der Waals surface area contributed by atoms with Crippen molar-refractivity contribution in [3.05, 3.63) is 76.4 Å². The molecule has 1 aliphatic heterocycles. The number of halogens is 3. The average molecular weight is 418 g/mol. The molecule has 0 N–H and O–H groups in total. The van der Waals surface area contributed by atoms with Gasteiger partial charge in [-0.1, -0.05) is 35.0 Å². The van der Waals surface area contributed by atoms with Crippen LogP contribution in [0.3, 0.4) is 0 Å². The number of hydrogen-bond donors (Lipinski definition) is 0. The Morgan fingerprint density at radius 2 is 1.76 bits per heavy atom. The van der Waals surface area contributed by atoms with E-state index in [-0.39, 0.29) is 28.7 Å². The highest BCUT2D eigenvalue weighted by Crippen LogP contribution is 2.24. The summed E-state index contributed by atoms with van der Waals surface area (Å²) in [6.07, 6.45) is 0. The van der Waals surface area contributed by atoms with Crippen molar-refractivity contribution in [1.82, 2.24) is 15.0 Å². The van der Waals surface area contributed by atoms with Gasteiger partial charge in [0.25, 0.3) is 5.91 Å². The van der Waals surface area contributed by atoms with Crippen molar-refractivity contribution in [2.24, 2.45) is 0 Å². The first kappa shape index (κ1) is 19.5. The van der Waals surface area contributed by atoms with Crippen LogP contribution in [0, 0.1) is 11.6 Å². The highest BCUT2D eigenvalue weighted by Gasteiger charge is 2.26. The number of benzene rings is 2. The second-order valence-corrected chi connectivity index (χ2v) is 7.23. The van der Waals surface area contributed by atoms with Gasteiger partial charge in [0.1, 0.15) is 11.6 Å². The molecule has 1 saturated heterocycles. The van der Waals surface area contributed by atoms with Crippen LogP contribution in [0.5, 0.6) is 0 Å². The fourth-order valence-corrected chi connectivity index (χ4v) is 3.56. The van der Waals surface area contributed by atoms with E-state index in [0.717, 1.165) is 0 Å². The van der Waals surface area contributed by atoms with Crippen molar-refractivity contribution in [1.29, 1.82) is 0 Å². The molecule has 8 heteroatoms. The smallest absolute Gasteiger partial charge is 0.276 e. The third-order valence-electron chi connectivity index (χ3n) is 4.97. The minimum absolute atomic E-state index is 0.133. The Morgan fingerprint density at radius 3 is 2.48 bits per heavy atom. The summed E-state index contributed by atoms with van der Waals surface area (Å²) in [5.74, 6) is -0.846. The second-order valence-electron chi connectivity index (χ2n) is 6.82. The third kappa shape index (κ3) is 4.16. The van der Waals surface area contributed by atoms with Gasteiger partial charge < -0.3 is 9.42 Å². The minimum Gasteiger partial charge on any atom is -0.355 e. The lowest BCUT2D eigenvalue weighted by molar-refractivity contribution is 0.0617. The van der Waals surface area contributed by atoms with Gasteiger partial charge in [0, 0.05) is 49.4 Å². The number of piperazine rings is 1. The lowest BCUT2D eigenvalue weighted by atomic mass is 10.1. The Balaban J connectivity index is 1.39. The SMILES string of the molecule is O=C(c1cc(-c2ccccc2F)on1)N1CCN(Cc2c(F)cccc2Cl)CC1. The predicted octanol–water partition coefficient (Wildman–Crippen LogP) is 4.23. The molecular weight excluding hydrogens is 400 g/mol. The molecule has 0 spiro atoms. The van der Waals surface area contributed by atoms with Crippen molar-refractivity contribution < 1.29 is 18.1 Å². The molecular formula is C21H18ClF2N3O2. The first-order valence-corrected chi connectivity index (χ1v) is 9.57. The van der Waals surface area contributed by atoms with E-state index in [1.165, 1.54) is 18.2 Å². The van der Waals surface area contributed by atoms with Gasteiger partial charge in [0.2, 0.25) is 0 Å². The molecule has 1 fully saturated rings. The standard InChI is InChI=1S/C21H18ClF2N3O2/c22-16-5-3-7-18(24)15(16)13-26-8-10-27(11-9-26)21(28)19-12-20(29-25-19)14-4-1-2-6-17(14)23/h1-7,12H,8-11,13H2. The summed E-state index contributed by atoms with van der Waals surface area (Å²) in [5, 5.41) is 4.20. The fourth-order valence-electron chi connectivity index (χ4n) is 3.34. The molecule has 0 saturated carbocycles. The molecule has 1 aliphatic rings. The van der Waals surface area contributed by atoms with E-state index in [1.54, 1.807) is 35.2 Å². The molecule has 4 rings (SSSR count). The number of carbonyl (C=O) groups is 1. The lowest BCUT2D eigenvalue weighted by Gasteiger charge is -2.34. The van der Waals surface area contributed by atoms with Crippen molar-refractivity contribution in [2.75, 3.05) is 26.2 Å². The third-order valence-corrected chi connectivity index (χ3v) is 5.33. The van der Waals surface area contributed by atoms with Gasteiger partial charge in [0.05, 0.1) is 5.56 Å². The molecule has 0 bridgehead atoms. The summed E-state index contributed by atoms with van der Waals surface area (Å²) in [4.78, 5) is 16.4. The van der Waals surface area contributed by atoms with Crippen LogP contribution in [0.1, 0.15) is 16.1 Å². The molecule has 1 amide bonds. The van der Waals surface area contributed by atoms with Gasteiger partial charge in [-0.05, 0) is 24.3 Å². The van der Waals surface area contributed by atoms with Crippen LogP contribution in [-0.4, -0.2) is 47.0 Å². The van der Waals surface area contributed by atoms with Gasteiger partial charge in [-0.15, -0.1) is 0 Å². The van der Waals surface area contributed by atoms with Crippen LogP contribution in [0.4, 0.5) is 8.78 Å². The van der Waals surface area contributed by atoms with E-state index in [9.17, 15) is 13.6 Å². The van der Waals surface area contributed by atoms with E-state index in [0.29, 0.717) is 43.3 Å². The molecule has 0 radical (unpaired) electrons. The largest absolute Gasteiger partial charge is 0.355 e. The Kier molecular flexibility index (Phi) is 5.60. The summed E-state index contributed by atoms with van der Waals surface area (Å²) in [7, 11) is 0. The van der Waals surface area contributed by atoms with Crippen LogP contribution in [0.2, 0.25) is 5.02 Å². The molecule has 2 heterocycles. The van der Waals surface area contributed by atoms with Crippen LogP contribution >= 0.6 is 11.6 Å². The summed E-state index contributed by atoms with van der Waals surface area (Å²) in [6.45, 7) is 2.47. The predicted molar refractivity (Wildman–Crippen MR) is 104 cm³/mol. The monoisotopic (exact) mass is 417 g/mol. The van der Waals surface area contributed by atoms with E-state index in [4.69, 9.17) is 16.1 Å². The summed E-state index contributed by atoms with van der Waals surface area (Å²) >= 11 is 6.10. The Hall–Kier alpha value is -2.77. The number of hydrogen-bond acceptors (Lipinski definition) is 4. The first-order chi connectivity index (χ1) is 14.0. The van der Waals surface area contributed by atoms with E-state index >= 15 is 0 Å². The number of nitrogens with zero attached hydrogens (tertiary/aromatic N) is 3. The molecule has 0 atom stereocenters. The van der Waals surface area contributed by atoms with Crippen molar-refractivity contribution >= 4 is 17.5 Å². The molecule has 5 nitrogen and oxygen atoms in total. The topological polar surface area (TPSA) is 49.6 Å². The maximum Gasteiger partial charge on any atom is 0.276 e. The summed E-state index contributed by atoms with van der Waals surface area (Å²) < 4.78 is 33.0. The highest BCUT2D eigenvalue weighted by molar-refractivity contribution is 6.31. The van der Waals surface area contributed by atoms with Gasteiger partial charge in [0.15, 0.2) is 11.5 Å². The quantitative estimate of drug-likeness (QED) is 0.637. The normalized spacial score (nSPS) is 14.9. The zero-order valence-corrected chi connectivity index (χ0v) is 16.2. The summed E-state index contributed by atoms with van der Waals surface area (Å²) in [5.41, 5.74) is 0.847. The Morgan fingerprint density at radius 1 is 1.03 bits per heavy atom. The zero-order valence-electron chi connectivity index (χ0n) is 15.4. The Bertz CT molecular complexity index is 1010.